The van der Waals surface area contributed by atoms with Gasteiger partial charge in [-0.05, 0) is 24.1 Å². The van der Waals surface area contributed by atoms with E-state index in [1.807, 2.05) is 48.5 Å². The lowest BCUT2D eigenvalue weighted by atomic mass is 9.96. The lowest BCUT2D eigenvalue weighted by Gasteiger charge is -2.23. The third-order valence-corrected chi connectivity index (χ3v) is 3.40. The molecule has 1 saturated heterocycles. The first-order valence-corrected chi connectivity index (χ1v) is 7.02. The molecule has 0 atom stereocenters. The quantitative estimate of drug-likeness (QED) is 0.847. The molecule has 0 unspecified atom stereocenters. The zero-order valence-electron chi connectivity index (χ0n) is 11.8. The maximum atomic E-state index is 12.2. The highest BCUT2D eigenvalue weighted by Gasteiger charge is 2.33. The van der Waals surface area contributed by atoms with E-state index in [1.165, 1.54) is 0 Å². The van der Waals surface area contributed by atoms with Crippen molar-refractivity contribution in [3.63, 3.8) is 0 Å². The zero-order valence-corrected chi connectivity index (χ0v) is 11.8. The Hall–Kier alpha value is -2.95. The van der Waals surface area contributed by atoms with Crippen molar-refractivity contribution in [2.45, 2.75) is 6.42 Å². The molecule has 0 spiro atoms. The molecule has 22 heavy (non-hydrogen) atoms. The Labute approximate surface area is 128 Å². The van der Waals surface area contributed by atoms with Gasteiger partial charge in [-0.15, -0.1) is 0 Å². The van der Waals surface area contributed by atoms with Crippen molar-refractivity contribution in [1.82, 2.24) is 10.6 Å². The van der Waals surface area contributed by atoms with E-state index in [1.54, 1.807) is 12.1 Å². The monoisotopic (exact) mass is 293 g/mol. The topological polar surface area (TPSA) is 70.6 Å². The molecule has 0 bridgehead atoms. The number of carbonyl (C=O) groups excluding carboxylic acids is 2. The van der Waals surface area contributed by atoms with E-state index in [0.29, 0.717) is 12.1 Å². The van der Waals surface area contributed by atoms with Crippen LogP contribution in [0.1, 0.15) is 5.56 Å². The van der Waals surface area contributed by atoms with Gasteiger partial charge in [-0.2, -0.15) is 0 Å². The number of nitrogens with zero attached hydrogens (tertiary/aromatic N) is 1. The van der Waals surface area contributed by atoms with Crippen molar-refractivity contribution < 1.29 is 9.59 Å². The van der Waals surface area contributed by atoms with Gasteiger partial charge < -0.3 is 0 Å². The van der Waals surface area contributed by atoms with Crippen LogP contribution in [0.2, 0.25) is 0 Å². The van der Waals surface area contributed by atoms with Gasteiger partial charge in [-0.1, -0.05) is 48.5 Å². The average Bonchev–Trinajstić information content (AvgIpc) is 2.53. The van der Waals surface area contributed by atoms with Gasteiger partial charge in [0.15, 0.2) is 0 Å². The predicted octanol–water partition coefficient (Wildman–Crippen LogP) is 1.78. The second-order valence-electron chi connectivity index (χ2n) is 5.02. The SMILES string of the molecule is O=C1NC(=Nc2ccccc2)NC(=O)C1Cc1ccccc1. The molecule has 5 nitrogen and oxygen atoms in total. The normalized spacial score (nSPS) is 17.6. The summed E-state index contributed by atoms with van der Waals surface area (Å²) >= 11 is 0. The van der Waals surface area contributed by atoms with Crippen molar-refractivity contribution in [3.05, 3.63) is 66.2 Å². The molecule has 3 rings (SSSR count). The first-order valence-electron chi connectivity index (χ1n) is 7.02. The number of nitrogens with one attached hydrogen (secondary N) is 2. The largest absolute Gasteiger partial charge is 0.295 e. The van der Waals surface area contributed by atoms with Crippen molar-refractivity contribution in [2.75, 3.05) is 0 Å². The predicted molar refractivity (Wildman–Crippen MR) is 83.5 cm³/mol. The van der Waals surface area contributed by atoms with E-state index in [0.717, 1.165) is 5.56 Å². The van der Waals surface area contributed by atoms with Crippen LogP contribution in [0.3, 0.4) is 0 Å². The van der Waals surface area contributed by atoms with E-state index < -0.39 is 5.92 Å². The zero-order chi connectivity index (χ0) is 15.4. The molecule has 1 aliphatic heterocycles. The van der Waals surface area contributed by atoms with Crippen molar-refractivity contribution in [1.29, 1.82) is 0 Å². The Morgan fingerprint density at radius 2 is 1.36 bits per heavy atom. The van der Waals surface area contributed by atoms with Gasteiger partial charge in [-0.25, -0.2) is 4.99 Å². The molecule has 2 aromatic carbocycles. The van der Waals surface area contributed by atoms with Crippen molar-refractivity contribution >= 4 is 23.5 Å². The summed E-state index contributed by atoms with van der Waals surface area (Å²) in [4.78, 5) is 28.5. The van der Waals surface area contributed by atoms with Crippen LogP contribution in [-0.2, 0) is 16.0 Å². The van der Waals surface area contributed by atoms with Crippen molar-refractivity contribution in [3.8, 4) is 0 Å². The number of rotatable bonds is 3. The summed E-state index contributed by atoms with van der Waals surface area (Å²) in [6.07, 6.45) is 0.372. The number of guanidine groups is 1. The van der Waals surface area contributed by atoms with E-state index in [-0.39, 0.29) is 17.8 Å². The van der Waals surface area contributed by atoms with Gasteiger partial charge in [-0.3, -0.25) is 20.2 Å². The molecule has 0 aromatic heterocycles. The van der Waals surface area contributed by atoms with Crippen LogP contribution in [-0.4, -0.2) is 17.8 Å². The molecule has 1 fully saturated rings. The number of amides is 2. The summed E-state index contributed by atoms with van der Waals surface area (Å²) < 4.78 is 0. The van der Waals surface area contributed by atoms with Gasteiger partial charge in [0.25, 0.3) is 0 Å². The molecule has 2 N–H and O–H groups in total. The Balaban J connectivity index is 1.73. The number of aliphatic imine (C=N–C) groups is 1. The fraction of sp³-hybridized carbons (Fsp3) is 0.118. The highest BCUT2D eigenvalue weighted by molar-refractivity contribution is 6.18. The van der Waals surface area contributed by atoms with Crippen LogP contribution < -0.4 is 10.6 Å². The molecule has 2 amide bonds. The molecule has 0 saturated carbocycles. The average molecular weight is 293 g/mol. The van der Waals surface area contributed by atoms with Crippen LogP contribution >= 0.6 is 0 Å². The third-order valence-electron chi connectivity index (χ3n) is 3.40. The molecule has 5 heteroatoms. The molecule has 0 radical (unpaired) electrons. The lowest BCUT2D eigenvalue weighted by molar-refractivity contribution is -0.135. The lowest BCUT2D eigenvalue weighted by Crippen LogP contribution is -2.57. The Morgan fingerprint density at radius 3 is 1.95 bits per heavy atom. The molecule has 0 aliphatic carbocycles. The standard InChI is InChI=1S/C17H15N3O2/c21-15-14(11-12-7-3-1-4-8-12)16(22)20-17(19-15)18-13-9-5-2-6-10-13/h1-10,14H,11H2,(H2,18,19,20,21,22). The van der Waals surface area contributed by atoms with Crippen LogP contribution in [0.5, 0.6) is 0 Å². The summed E-state index contributed by atoms with van der Waals surface area (Å²) in [5, 5.41) is 5.29. The minimum absolute atomic E-state index is 0.172. The van der Waals surface area contributed by atoms with Crippen LogP contribution in [0, 0.1) is 5.92 Å². The summed E-state index contributed by atoms with van der Waals surface area (Å²) in [5.41, 5.74) is 1.61. The van der Waals surface area contributed by atoms with E-state index >= 15 is 0 Å². The summed E-state index contributed by atoms with van der Waals surface area (Å²) in [6.45, 7) is 0. The summed E-state index contributed by atoms with van der Waals surface area (Å²) in [6, 6.07) is 18.6. The van der Waals surface area contributed by atoms with Gasteiger partial charge >= 0.3 is 0 Å². The fourth-order valence-electron chi connectivity index (χ4n) is 2.28. The molecule has 1 heterocycles. The van der Waals surface area contributed by atoms with Crippen LogP contribution in [0.25, 0.3) is 0 Å². The van der Waals surface area contributed by atoms with Crippen molar-refractivity contribution in [2.24, 2.45) is 10.9 Å². The van der Waals surface area contributed by atoms with Crippen LogP contribution in [0.15, 0.2) is 65.7 Å². The van der Waals surface area contributed by atoms with Gasteiger partial charge in [0.1, 0.15) is 5.92 Å². The van der Waals surface area contributed by atoms with E-state index in [4.69, 9.17) is 0 Å². The summed E-state index contributed by atoms with van der Waals surface area (Å²) in [5.74, 6) is -1.23. The molecule has 110 valence electrons. The van der Waals surface area contributed by atoms with Gasteiger partial charge in [0, 0.05) is 0 Å². The minimum Gasteiger partial charge on any atom is -0.295 e. The molecular formula is C17H15N3O2. The minimum atomic E-state index is -0.739. The third kappa shape index (κ3) is 3.20. The maximum absolute atomic E-state index is 12.2. The second kappa shape index (κ2) is 6.22. The Morgan fingerprint density at radius 1 is 0.818 bits per heavy atom. The van der Waals surface area contributed by atoms with E-state index in [9.17, 15) is 9.59 Å². The Kier molecular flexibility index (Phi) is 3.96. The van der Waals surface area contributed by atoms with E-state index in [2.05, 4.69) is 15.6 Å². The first kappa shape index (κ1) is 14.0. The van der Waals surface area contributed by atoms with Gasteiger partial charge in [0.05, 0.1) is 5.69 Å². The second-order valence-corrected chi connectivity index (χ2v) is 5.02. The fourth-order valence-corrected chi connectivity index (χ4v) is 2.28. The number of hydrogen-bond acceptors (Lipinski definition) is 3. The number of hydrogen-bond donors (Lipinski definition) is 2. The number of benzene rings is 2. The Bertz CT molecular complexity index is 691. The maximum Gasteiger partial charge on any atom is 0.239 e. The highest BCUT2D eigenvalue weighted by atomic mass is 16.2. The first-order chi connectivity index (χ1) is 10.7. The highest BCUT2D eigenvalue weighted by Crippen LogP contribution is 2.14. The van der Waals surface area contributed by atoms with Gasteiger partial charge in [0.2, 0.25) is 17.8 Å². The van der Waals surface area contributed by atoms with Crippen LogP contribution in [0.4, 0.5) is 5.69 Å². The summed E-state index contributed by atoms with van der Waals surface area (Å²) in [7, 11) is 0. The number of para-hydroxylation sites is 1. The molecule has 2 aromatic rings. The molecular weight excluding hydrogens is 278 g/mol. The smallest absolute Gasteiger partial charge is 0.239 e. The molecule has 1 aliphatic rings. The number of carbonyl (C=O) groups is 2.